The van der Waals surface area contributed by atoms with Gasteiger partial charge in [0.2, 0.25) is 0 Å². The summed E-state index contributed by atoms with van der Waals surface area (Å²) >= 11 is 0. The number of alkyl halides is 2. The lowest BCUT2D eigenvalue weighted by Gasteiger charge is -2.14. The molecule has 12 heteroatoms. The van der Waals surface area contributed by atoms with Gasteiger partial charge < -0.3 is 24.5 Å². The number of aliphatic hydroxyl groups is 1. The maximum Gasteiger partial charge on any atom is 0.387 e. The predicted molar refractivity (Wildman–Crippen MR) is 146 cm³/mol. The Bertz CT molecular complexity index is 1700. The first-order valence-corrected chi connectivity index (χ1v) is 12.8. The largest absolute Gasteiger partial charge is 0.464 e. The molecule has 0 unspecified atom stereocenters. The lowest BCUT2D eigenvalue weighted by atomic mass is 10.0. The van der Waals surface area contributed by atoms with Gasteiger partial charge in [-0.25, -0.2) is 9.97 Å². The highest BCUT2D eigenvalue weighted by molar-refractivity contribution is 5.86. The maximum atomic E-state index is 14.0. The van der Waals surface area contributed by atoms with Crippen LogP contribution in [-0.2, 0) is 13.5 Å². The molecule has 0 radical (unpaired) electrons. The van der Waals surface area contributed by atoms with E-state index >= 15 is 0 Å². The summed E-state index contributed by atoms with van der Waals surface area (Å²) in [6, 6.07) is 13.2. The molecule has 0 aliphatic carbocycles. The van der Waals surface area contributed by atoms with Crippen molar-refractivity contribution in [3.8, 4) is 28.6 Å². The fourth-order valence-corrected chi connectivity index (χ4v) is 4.54. The van der Waals surface area contributed by atoms with E-state index in [1.165, 1.54) is 28.8 Å². The molecular formula is C28H28F2N6O4. The van der Waals surface area contributed by atoms with Crippen LogP contribution in [-0.4, -0.2) is 62.1 Å². The van der Waals surface area contributed by atoms with Crippen molar-refractivity contribution in [2.45, 2.75) is 20.0 Å². The highest BCUT2D eigenvalue weighted by Crippen LogP contribution is 2.27. The third kappa shape index (κ3) is 5.49. The smallest absolute Gasteiger partial charge is 0.387 e. The van der Waals surface area contributed by atoms with Gasteiger partial charge in [-0.15, -0.1) is 0 Å². The Hall–Kier alpha value is -4.42. The lowest BCUT2D eigenvalue weighted by molar-refractivity contribution is -0.0498. The number of hydrogen-bond acceptors (Lipinski definition) is 8. The number of nitrogens with zero attached hydrogens (tertiary/aromatic N) is 5. The van der Waals surface area contributed by atoms with Crippen LogP contribution in [0.1, 0.15) is 12.7 Å². The van der Waals surface area contributed by atoms with Crippen molar-refractivity contribution in [1.29, 1.82) is 0 Å². The number of hydrogen-bond donors (Lipinski definition) is 2. The molecule has 0 fully saturated rings. The fraction of sp³-hybridized carbons (Fsp3) is 0.286. The average Bonchev–Trinajstić information content (AvgIpc) is 3.26. The van der Waals surface area contributed by atoms with Gasteiger partial charge in [-0.05, 0) is 55.0 Å². The molecule has 2 aromatic carbocycles. The molecule has 5 rings (SSSR count). The van der Waals surface area contributed by atoms with Crippen LogP contribution in [0.3, 0.4) is 0 Å². The molecule has 0 spiro atoms. The van der Waals surface area contributed by atoms with E-state index in [-0.39, 0.29) is 23.9 Å². The van der Waals surface area contributed by atoms with Crippen molar-refractivity contribution in [2.75, 3.05) is 26.3 Å². The SMILES string of the molecule is CCOc1ncc2cc(-c3ccc4nc(CCNCCO)n(C)c4c3)c(=O)n(-c3ccc(OC(F)F)cc3)c2n1. The number of fused-ring (bicyclic) bond motifs is 2. The number of imidazole rings is 1. The summed E-state index contributed by atoms with van der Waals surface area (Å²) in [7, 11) is 1.92. The molecule has 0 aliphatic rings. The van der Waals surface area contributed by atoms with Crippen LogP contribution in [0.5, 0.6) is 11.8 Å². The van der Waals surface area contributed by atoms with Crippen LogP contribution in [0.2, 0.25) is 0 Å². The lowest BCUT2D eigenvalue weighted by Crippen LogP contribution is -2.22. The highest BCUT2D eigenvalue weighted by atomic mass is 19.3. The Morgan fingerprint density at radius 2 is 1.88 bits per heavy atom. The van der Waals surface area contributed by atoms with Gasteiger partial charge in [-0.1, -0.05) is 6.07 Å². The van der Waals surface area contributed by atoms with Crippen molar-refractivity contribution in [1.82, 2.24) is 29.4 Å². The summed E-state index contributed by atoms with van der Waals surface area (Å²) in [5.74, 6) is 0.845. The second kappa shape index (κ2) is 11.8. The second-order valence-electron chi connectivity index (χ2n) is 8.95. The molecule has 2 N–H and O–H groups in total. The first kappa shape index (κ1) is 27.2. The number of ether oxygens (including phenoxy) is 2. The topological polar surface area (TPSA) is 116 Å². The van der Waals surface area contributed by atoms with Crippen LogP contribution in [0.4, 0.5) is 8.78 Å². The van der Waals surface area contributed by atoms with Crippen molar-refractivity contribution < 1.29 is 23.4 Å². The van der Waals surface area contributed by atoms with Gasteiger partial charge in [0.1, 0.15) is 11.6 Å². The van der Waals surface area contributed by atoms with Crippen LogP contribution < -0.4 is 20.3 Å². The van der Waals surface area contributed by atoms with Crippen molar-refractivity contribution in [3.05, 3.63) is 70.9 Å². The minimum absolute atomic E-state index is 0.0269. The molecule has 3 heterocycles. The molecule has 0 saturated heterocycles. The van der Waals surface area contributed by atoms with Gasteiger partial charge in [-0.3, -0.25) is 9.36 Å². The Balaban J connectivity index is 1.63. The number of aromatic nitrogens is 5. The Morgan fingerprint density at radius 1 is 1.07 bits per heavy atom. The number of halogens is 2. The molecule has 0 amide bonds. The second-order valence-corrected chi connectivity index (χ2v) is 8.95. The van der Waals surface area contributed by atoms with E-state index < -0.39 is 6.61 Å². The Kier molecular flexibility index (Phi) is 7.99. The number of benzene rings is 2. The van der Waals surface area contributed by atoms with E-state index in [0.717, 1.165) is 16.9 Å². The van der Waals surface area contributed by atoms with E-state index in [1.54, 1.807) is 19.2 Å². The molecule has 10 nitrogen and oxygen atoms in total. The third-order valence-electron chi connectivity index (χ3n) is 6.41. The van der Waals surface area contributed by atoms with Crippen molar-refractivity contribution >= 4 is 22.1 Å². The molecule has 40 heavy (non-hydrogen) atoms. The zero-order valence-electron chi connectivity index (χ0n) is 22.0. The van der Waals surface area contributed by atoms with E-state index in [1.807, 2.05) is 29.8 Å². The van der Waals surface area contributed by atoms with E-state index in [9.17, 15) is 13.6 Å². The van der Waals surface area contributed by atoms with Crippen LogP contribution in [0.15, 0.2) is 59.5 Å². The Morgan fingerprint density at radius 3 is 2.60 bits per heavy atom. The summed E-state index contributed by atoms with van der Waals surface area (Å²) in [6.07, 6.45) is 2.26. The summed E-state index contributed by atoms with van der Waals surface area (Å²) < 4.78 is 38.7. The van der Waals surface area contributed by atoms with Gasteiger partial charge >= 0.3 is 12.6 Å². The minimum atomic E-state index is -2.96. The molecule has 5 aromatic rings. The van der Waals surface area contributed by atoms with Crippen LogP contribution in [0.25, 0.3) is 38.9 Å². The summed E-state index contributed by atoms with van der Waals surface area (Å²) in [5.41, 5.74) is 3.11. The van der Waals surface area contributed by atoms with Gasteiger partial charge in [0, 0.05) is 43.7 Å². The maximum absolute atomic E-state index is 14.0. The number of nitrogens with one attached hydrogen (secondary N) is 1. The van der Waals surface area contributed by atoms with Crippen molar-refractivity contribution in [3.63, 3.8) is 0 Å². The highest BCUT2D eigenvalue weighted by Gasteiger charge is 2.17. The van der Waals surface area contributed by atoms with Gasteiger partial charge in [0.25, 0.3) is 5.56 Å². The van der Waals surface area contributed by atoms with Gasteiger partial charge in [0.15, 0.2) is 5.65 Å². The normalized spacial score (nSPS) is 11.6. The molecule has 208 valence electrons. The number of rotatable bonds is 11. The zero-order chi connectivity index (χ0) is 28.2. The zero-order valence-corrected chi connectivity index (χ0v) is 22.0. The molecule has 3 aromatic heterocycles. The van der Waals surface area contributed by atoms with Crippen LogP contribution >= 0.6 is 0 Å². The van der Waals surface area contributed by atoms with Gasteiger partial charge in [-0.2, -0.15) is 13.8 Å². The first-order chi connectivity index (χ1) is 19.4. The summed E-state index contributed by atoms with van der Waals surface area (Å²) in [5, 5.41) is 12.7. The fourth-order valence-electron chi connectivity index (χ4n) is 4.54. The number of aliphatic hydroxyl groups excluding tert-OH is 1. The number of aryl methyl sites for hydroxylation is 1. The molecular weight excluding hydrogens is 522 g/mol. The summed E-state index contributed by atoms with van der Waals surface area (Å²) in [6.45, 7) is 0.444. The predicted octanol–water partition coefficient (Wildman–Crippen LogP) is 3.46. The molecule has 0 atom stereocenters. The molecule has 0 aliphatic heterocycles. The number of pyridine rings is 1. The summed E-state index contributed by atoms with van der Waals surface area (Å²) in [4.78, 5) is 27.4. The first-order valence-electron chi connectivity index (χ1n) is 12.8. The van der Waals surface area contributed by atoms with E-state index in [0.29, 0.717) is 54.0 Å². The van der Waals surface area contributed by atoms with Crippen molar-refractivity contribution in [2.24, 2.45) is 7.05 Å². The third-order valence-corrected chi connectivity index (χ3v) is 6.41. The Labute approximate surface area is 227 Å². The van der Waals surface area contributed by atoms with E-state index in [4.69, 9.17) is 14.8 Å². The van der Waals surface area contributed by atoms with Gasteiger partial charge in [0.05, 0.1) is 29.9 Å². The molecule has 0 saturated carbocycles. The molecule has 0 bridgehead atoms. The monoisotopic (exact) mass is 550 g/mol. The van der Waals surface area contributed by atoms with E-state index in [2.05, 4.69) is 20.0 Å². The van der Waals surface area contributed by atoms with Crippen LogP contribution in [0, 0.1) is 0 Å². The average molecular weight is 551 g/mol. The quantitative estimate of drug-likeness (QED) is 0.240. The standard InChI is InChI=1S/C28H28F2N6O4/c1-3-39-28-32-16-18-14-21(17-4-9-22-23(15-17)35(2)24(33-22)10-11-31-12-13-37)26(38)36(25(18)34-28)19-5-7-20(8-6-19)40-27(29)30/h4-9,14-16,27,31,37H,3,10-13H2,1-2H3. The minimum Gasteiger partial charge on any atom is -0.464 e.